The van der Waals surface area contributed by atoms with Gasteiger partial charge in [0.25, 0.3) is 11.7 Å². The van der Waals surface area contributed by atoms with Crippen LogP contribution >= 0.6 is 0 Å². The molecule has 1 saturated heterocycles. The van der Waals surface area contributed by atoms with E-state index < -0.39 is 17.7 Å². The van der Waals surface area contributed by atoms with Crippen molar-refractivity contribution in [1.29, 1.82) is 0 Å². The van der Waals surface area contributed by atoms with Crippen molar-refractivity contribution < 1.29 is 24.5 Å². The van der Waals surface area contributed by atoms with Crippen LogP contribution in [0.4, 0.5) is 0 Å². The summed E-state index contributed by atoms with van der Waals surface area (Å²) in [7, 11) is 0. The molecule has 168 valence electrons. The largest absolute Gasteiger partial charge is 0.508 e. The number of rotatable bonds is 6. The highest BCUT2D eigenvalue weighted by molar-refractivity contribution is 6.46. The van der Waals surface area contributed by atoms with E-state index in [1.165, 1.54) is 17.0 Å². The summed E-state index contributed by atoms with van der Waals surface area (Å²) in [6.07, 6.45) is 3.23. The number of ketones is 1. The molecule has 0 saturated carbocycles. The Balaban J connectivity index is 1.84. The first-order valence-electron chi connectivity index (χ1n) is 10.6. The third kappa shape index (κ3) is 4.30. The number of Topliss-reactive ketones (excluding diaryl/α,β-unsaturated/α-hetero) is 1. The van der Waals surface area contributed by atoms with Crippen LogP contribution in [0, 0.1) is 6.92 Å². The Hall–Kier alpha value is -4.13. The lowest BCUT2D eigenvalue weighted by Gasteiger charge is -2.25. The second-order valence-corrected chi connectivity index (χ2v) is 7.79. The highest BCUT2D eigenvalue weighted by Gasteiger charge is 2.46. The molecule has 2 N–H and O–H groups in total. The van der Waals surface area contributed by atoms with Crippen molar-refractivity contribution in [3.05, 3.63) is 94.8 Å². The van der Waals surface area contributed by atoms with E-state index in [0.29, 0.717) is 23.5 Å². The second kappa shape index (κ2) is 9.16. The lowest BCUT2D eigenvalue weighted by atomic mass is 9.94. The maximum absolute atomic E-state index is 13.1. The molecular formula is C26H24N2O5. The third-order valence-electron chi connectivity index (χ3n) is 5.60. The molecule has 1 fully saturated rings. The average molecular weight is 444 g/mol. The summed E-state index contributed by atoms with van der Waals surface area (Å²) in [5.74, 6) is -0.968. The van der Waals surface area contributed by atoms with Gasteiger partial charge in [-0.2, -0.15) is 0 Å². The molecule has 7 heteroatoms. The minimum absolute atomic E-state index is 0.00306. The minimum atomic E-state index is -0.814. The molecular weight excluding hydrogens is 420 g/mol. The van der Waals surface area contributed by atoms with E-state index in [0.717, 1.165) is 11.1 Å². The van der Waals surface area contributed by atoms with E-state index in [1.807, 2.05) is 13.8 Å². The van der Waals surface area contributed by atoms with Crippen LogP contribution in [-0.4, -0.2) is 38.4 Å². The minimum Gasteiger partial charge on any atom is -0.508 e. The molecule has 7 nitrogen and oxygen atoms in total. The molecule has 1 unspecified atom stereocenters. The normalized spacial score (nSPS) is 17.4. The highest BCUT2D eigenvalue weighted by atomic mass is 16.5. The number of aryl methyl sites for hydroxylation is 1. The first-order chi connectivity index (χ1) is 15.9. The summed E-state index contributed by atoms with van der Waals surface area (Å²) >= 11 is 0. The number of likely N-dealkylation sites (tertiary alicyclic amines) is 1. The Morgan fingerprint density at radius 1 is 1.06 bits per heavy atom. The third-order valence-corrected chi connectivity index (χ3v) is 5.60. The monoisotopic (exact) mass is 444 g/mol. The number of aromatic hydroxyl groups is 1. The molecule has 0 aliphatic carbocycles. The van der Waals surface area contributed by atoms with Crippen LogP contribution in [0.2, 0.25) is 0 Å². The van der Waals surface area contributed by atoms with E-state index in [9.17, 15) is 19.8 Å². The fourth-order valence-electron chi connectivity index (χ4n) is 4.00. The molecule has 1 amide bonds. The fraction of sp³-hybridized carbons (Fsp3) is 0.192. The zero-order valence-corrected chi connectivity index (χ0v) is 18.4. The summed E-state index contributed by atoms with van der Waals surface area (Å²) in [6.45, 7) is 4.40. The summed E-state index contributed by atoms with van der Waals surface area (Å²) in [5.41, 5.74) is 2.62. The standard InChI is InChI=1S/C26H24N2O5/c1-3-33-21-9-6-19(14-16(21)2)24(30)22-23(18-4-7-20(29)8-5-18)28(26(32)25(22)31)15-17-10-12-27-13-11-17/h4-14,23,29-30H,3,15H2,1-2H3/b24-22-. The molecule has 3 aromatic rings. The number of ether oxygens (including phenoxy) is 1. The van der Waals surface area contributed by atoms with Crippen molar-refractivity contribution in [3.8, 4) is 11.5 Å². The van der Waals surface area contributed by atoms with Gasteiger partial charge >= 0.3 is 0 Å². The highest BCUT2D eigenvalue weighted by Crippen LogP contribution is 2.41. The van der Waals surface area contributed by atoms with E-state index in [4.69, 9.17) is 4.74 Å². The van der Waals surface area contributed by atoms with Crippen LogP contribution in [0.15, 0.2) is 72.6 Å². The van der Waals surface area contributed by atoms with E-state index in [-0.39, 0.29) is 23.6 Å². The van der Waals surface area contributed by atoms with Gasteiger partial charge in [-0.1, -0.05) is 12.1 Å². The Morgan fingerprint density at radius 3 is 2.39 bits per heavy atom. The van der Waals surface area contributed by atoms with Crippen LogP contribution in [0.1, 0.15) is 35.2 Å². The number of nitrogens with zero attached hydrogens (tertiary/aromatic N) is 2. The Labute approximate surface area is 191 Å². The van der Waals surface area contributed by atoms with Crippen LogP contribution in [0.5, 0.6) is 11.5 Å². The van der Waals surface area contributed by atoms with Gasteiger partial charge in [0, 0.05) is 24.5 Å². The van der Waals surface area contributed by atoms with Crippen molar-refractivity contribution >= 4 is 17.4 Å². The molecule has 1 aliphatic rings. The van der Waals surface area contributed by atoms with Crippen molar-refractivity contribution in [2.45, 2.75) is 26.4 Å². The van der Waals surface area contributed by atoms with Crippen molar-refractivity contribution in [1.82, 2.24) is 9.88 Å². The lowest BCUT2D eigenvalue weighted by molar-refractivity contribution is -0.140. The van der Waals surface area contributed by atoms with Crippen LogP contribution in [-0.2, 0) is 16.1 Å². The molecule has 1 aromatic heterocycles. The smallest absolute Gasteiger partial charge is 0.295 e. The van der Waals surface area contributed by atoms with Gasteiger partial charge in [-0.15, -0.1) is 0 Å². The van der Waals surface area contributed by atoms with Gasteiger partial charge in [0.15, 0.2) is 0 Å². The Morgan fingerprint density at radius 2 is 1.76 bits per heavy atom. The predicted octanol–water partition coefficient (Wildman–Crippen LogP) is 4.12. The number of carbonyl (C=O) groups is 2. The first-order valence-corrected chi connectivity index (χ1v) is 10.6. The number of aliphatic hydroxyl groups excluding tert-OH is 1. The first kappa shape index (κ1) is 22.1. The maximum Gasteiger partial charge on any atom is 0.295 e. The number of pyridine rings is 1. The van der Waals surface area contributed by atoms with Crippen LogP contribution in [0.25, 0.3) is 5.76 Å². The summed E-state index contributed by atoms with van der Waals surface area (Å²) in [4.78, 5) is 31.6. The molecule has 4 rings (SSSR count). The molecule has 2 aromatic carbocycles. The number of hydrogen-bond acceptors (Lipinski definition) is 6. The summed E-state index contributed by atoms with van der Waals surface area (Å²) in [5, 5.41) is 20.9. The van der Waals surface area contributed by atoms with Gasteiger partial charge in [0.2, 0.25) is 0 Å². The van der Waals surface area contributed by atoms with E-state index in [2.05, 4.69) is 4.98 Å². The van der Waals surface area contributed by atoms with E-state index in [1.54, 1.807) is 54.9 Å². The molecule has 33 heavy (non-hydrogen) atoms. The Kier molecular flexibility index (Phi) is 6.13. The number of aromatic nitrogens is 1. The molecule has 0 radical (unpaired) electrons. The number of amides is 1. The van der Waals surface area contributed by atoms with Gasteiger partial charge in [0.05, 0.1) is 18.2 Å². The van der Waals surface area contributed by atoms with Crippen LogP contribution in [0.3, 0.4) is 0 Å². The second-order valence-electron chi connectivity index (χ2n) is 7.79. The molecule has 0 spiro atoms. The Bertz CT molecular complexity index is 1220. The van der Waals surface area contributed by atoms with Gasteiger partial charge in [-0.25, -0.2) is 0 Å². The maximum atomic E-state index is 13.1. The number of phenolic OH excluding ortho intramolecular Hbond substituents is 1. The zero-order valence-electron chi connectivity index (χ0n) is 18.4. The van der Waals surface area contributed by atoms with Crippen molar-refractivity contribution in [2.75, 3.05) is 6.61 Å². The van der Waals surface area contributed by atoms with E-state index >= 15 is 0 Å². The zero-order chi connectivity index (χ0) is 23.5. The number of carbonyl (C=O) groups excluding carboxylic acids is 2. The van der Waals surface area contributed by atoms with Gasteiger partial charge in [-0.05, 0) is 73.0 Å². The summed E-state index contributed by atoms with van der Waals surface area (Å²) in [6, 6.07) is 14.1. The number of hydrogen-bond donors (Lipinski definition) is 2. The van der Waals surface area contributed by atoms with Gasteiger partial charge in [-0.3, -0.25) is 14.6 Å². The average Bonchev–Trinajstić information content (AvgIpc) is 3.06. The summed E-state index contributed by atoms with van der Waals surface area (Å²) < 4.78 is 5.56. The molecule has 0 bridgehead atoms. The van der Waals surface area contributed by atoms with Gasteiger partial charge < -0.3 is 19.8 Å². The van der Waals surface area contributed by atoms with Crippen molar-refractivity contribution in [3.63, 3.8) is 0 Å². The topological polar surface area (TPSA) is 100.0 Å². The molecule has 1 aliphatic heterocycles. The van der Waals surface area contributed by atoms with Gasteiger partial charge in [0.1, 0.15) is 17.3 Å². The molecule has 2 heterocycles. The SMILES string of the molecule is CCOc1ccc(/C(O)=C2/C(=O)C(=O)N(Cc3ccncc3)C2c2ccc(O)cc2)cc1C. The quantitative estimate of drug-likeness (QED) is 0.337. The molecule has 1 atom stereocenters. The number of phenols is 1. The number of aliphatic hydroxyl groups is 1. The lowest BCUT2D eigenvalue weighted by Crippen LogP contribution is -2.29. The number of benzene rings is 2. The van der Waals surface area contributed by atoms with Crippen molar-refractivity contribution in [2.24, 2.45) is 0 Å². The predicted molar refractivity (Wildman–Crippen MR) is 123 cm³/mol. The van der Waals surface area contributed by atoms with Crippen LogP contribution < -0.4 is 4.74 Å². The fourth-order valence-corrected chi connectivity index (χ4v) is 4.00.